The van der Waals surface area contributed by atoms with Gasteiger partial charge in [0.05, 0.1) is 6.61 Å². The van der Waals surface area contributed by atoms with E-state index in [1.165, 1.54) is 6.42 Å². The molecule has 1 saturated heterocycles. The molecule has 0 aromatic carbocycles. The number of rotatable bonds is 3. The van der Waals surface area contributed by atoms with E-state index in [1.54, 1.807) is 0 Å². The molecule has 0 spiro atoms. The summed E-state index contributed by atoms with van der Waals surface area (Å²) in [4.78, 5) is 0. The first-order valence-electron chi connectivity index (χ1n) is 3.92. The van der Waals surface area contributed by atoms with Crippen molar-refractivity contribution in [3.8, 4) is 0 Å². The maximum absolute atomic E-state index is 8.53. The number of nitrogens with one attached hydrogen (secondary N) is 2. The van der Waals surface area contributed by atoms with Crippen LogP contribution in [0.5, 0.6) is 0 Å². The van der Waals surface area contributed by atoms with Crippen molar-refractivity contribution in [2.24, 2.45) is 0 Å². The molecule has 0 bridgehead atoms. The first-order valence-corrected chi connectivity index (χ1v) is 3.92. The SMILES string of the molecule is C[C@@H]1NCC[C@@H]1NCCO. The number of hydrogen-bond acceptors (Lipinski definition) is 3. The lowest BCUT2D eigenvalue weighted by atomic mass is 10.1. The number of aliphatic hydroxyl groups is 1. The van der Waals surface area contributed by atoms with Gasteiger partial charge in [-0.3, -0.25) is 0 Å². The van der Waals surface area contributed by atoms with Crippen molar-refractivity contribution in [1.82, 2.24) is 10.6 Å². The zero-order chi connectivity index (χ0) is 7.40. The predicted octanol–water partition coefficient (Wildman–Crippen LogP) is -0.681. The van der Waals surface area contributed by atoms with Crippen molar-refractivity contribution in [3.05, 3.63) is 0 Å². The molecule has 10 heavy (non-hydrogen) atoms. The van der Waals surface area contributed by atoms with Gasteiger partial charge in [-0.25, -0.2) is 0 Å². The third kappa shape index (κ3) is 1.94. The van der Waals surface area contributed by atoms with Gasteiger partial charge in [-0.1, -0.05) is 0 Å². The highest BCUT2D eigenvalue weighted by molar-refractivity contribution is 4.85. The Hall–Kier alpha value is -0.120. The maximum Gasteiger partial charge on any atom is 0.0556 e. The van der Waals surface area contributed by atoms with Gasteiger partial charge in [0, 0.05) is 18.6 Å². The van der Waals surface area contributed by atoms with E-state index in [2.05, 4.69) is 17.6 Å². The van der Waals surface area contributed by atoms with Crippen LogP contribution in [0.15, 0.2) is 0 Å². The minimum absolute atomic E-state index is 0.239. The predicted molar refractivity (Wildman–Crippen MR) is 41.0 cm³/mol. The molecule has 1 fully saturated rings. The molecule has 2 atom stereocenters. The highest BCUT2D eigenvalue weighted by Gasteiger charge is 2.20. The second-order valence-corrected chi connectivity index (χ2v) is 2.82. The van der Waals surface area contributed by atoms with Crippen LogP contribution in [-0.2, 0) is 0 Å². The largest absolute Gasteiger partial charge is 0.395 e. The molecule has 1 aliphatic heterocycles. The standard InChI is InChI=1S/C7H16N2O/c1-6-7(2-3-8-6)9-4-5-10/h6-10H,2-5H2,1H3/t6-,7-/m0/s1. The fourth-order valence-corrected chi connectivity index (χ4v) is 1.39. The van der Waals surface area contributed by atoms with Gasteiger partial charge in [0.2, 0.25) is 0 Å². The molecule has 1 aliphatic rings. The van der Waals surface area contributed by atoms with Crippen LogP contribution in [0.1, 0.15) is 13.3 Å². The smallest absolute Gasteiger partial charge is 0.0556 e. The molecule has 0 radical (unpaired) electrons. The molecule has 0 unspecified atom stereocenters. The van der Waals surface area contributed by atoms with Gasteiger partial charge >= 0.3 is 0 Å². The lowest BCUT2D eigenvalue weighted by molar-refractivity contribution is 0.281. The summed E-state index contributed by atoms with van der Waals surface area (Å²) in [6.45, 7) is 4.23. The molecular formula is C7H16N2O. The lowest BCUT2D eigenvalue weighted by Crippen LogP contribution is -2.39. The highest BCUT2D eigenvalue weighted by Crippen LogP contribution is 2.04. The van der Waals surface area contributed by atoms with Crippen molar-refractivity contribution >= 4 is 0 Å². The summed E-state index contributed by atoms with van der Waals surface area (Å²) in [6.07, 6.45) is 1.18. The van der Waals surface area contributed by atoms with Gasteiger partial charge in [0.25, 0.3) is 0 Å². The monoisotopic (exact) mass is 144 g/mol. The molecule has 0 aromatic heterocycles. The summed E-state index contributed by atoms with van der Waals surface area (Å²) in [5, 5.41) is 15.1. The van der Waals surface area contributed by atoms with Gasteiger partial charge in [0.15, 0.2) is 0 Å². The fraction of sp³-hybridized carbons (Fsp3) is 1.00. The summed E-state index contributed by atoms with van der Waals surface area (Å²) in [5.41, 5.74) is 0. The molecule has 0 saturated carbocycles. The molecule has 0 aliphatic carbocycles. The van der Waals surface area contributed by atoms with Gasteiger partial charge in [0.1, 0.15) is 0 Å². The first-order chi connectivity index (χ1) is 4.84. The Morgan fingerprint density at radius 2 is 2.50 bits per heavy atom. The van der Waals surface area contributed by atoms with Gasteiger partial charge in [-0.15, -0.1) is 0 Å². The van der Waals surface area contributed by atoms with Crippen LogP contribution in [0.25, 0.3) is 0 Å². The first kappa shape index (κ1) is 7.98. The molecule has 1 heterocycles. The van der Waals surface area contributed by atoms with E-state index in [-0.39, 0.29) is 6.61 Å². The molecule has 60 valence electrons. The molecule has 3 heteroatoms. The quantitative estimate of drug-likeness (QED) is 0.491. The Morgan fingerprint density at radius 1 is 1.70 bits per heavy atom. The van der Waals surface area contributed by atoms with Crippen LogP contribution >= 0.6 is 0 Å². The summed E-state index contributed by atoms with van der Waals surface area (Å²) in [6, 6.07) is 1.12. The molecular weight excluding hydrogens is 128 g/mol. The van der Waals surface area contributed by atoms with Crippen molar-refractivity contribution in [1.29, 1.82) is 0 Å². The van der Waals surface area contributed by atoms with Crippen molar-refractivity contribution in [2.75, 3.05) is 19.7 Å². The van der Waals surface area contributed by atoms with E-state index >= 15 is 0 Å². The summed E-state index contributed by atoms with van der Waals surface area (Å²) in [7, 11) is 0. The van der Waals surface area contributed by atoms with Crippen LogP contribution in [0, 0.1) is 0 Å². The minimum atomic E-state index is 0.239. The Kier molecular flexibility index (Phi) is 3.12. The molecule has 3 nitrogen and oxygen atoms in total. The molecule has 1 rings (SSSR count). The van der Waals surface area contributed by atoms with E-state index in [0.717, 1.165) is 13.1 Å². The number of hydrogen-bond donors (Lipinski definition) is 3. The summed E-state index contributed by atoms with van der Waals surface area (Å²) >= 11 is 0. The Bertz CT molecular complexity index is 97.6. The Balaban J connectivity index is 2.14. The van der Waals surface area contributed by atoms with E-state index in [4.69, 9.17) is 5.11 Å². The van der Waals surface area contributed by atoms with Crippen LogP contribution in [0.3, 0.4) is 0 Å². The number of aliphatic hydroxyl groups excluding tert-OH is 1. The van der Waals surface area contributed by atoms with Gasteiger partial charge in [-0.2, -0.15) is 0 Å². The van der Waals surface area contributed by atoms with Crippen molar-refractivity contribution in [3.63, 3.8) is 0 Å². The summed E-state index contributed by atoms with van der Waals surface area (Å²) in [5.74, 6) is 0. The average molecular weight is 144 g/mol. The van der Waals surface area contributed by atoms with Crippen LogP contribution in [-0.4, -0.2) is 36.9 Å². The average Bonchev–Trinajstić information content (AvgIpc) is 2.31. The van der Waals surface area contributed by atoms with Crippen LogP contribution in [0.4, 0.5) is 0 Å². The molecule has 0 aromatic rings. The lowest BCUT2D eigenvalue weighted by Gasteiger charge is -2.15. The van der Waals surface area contributed by atoms with Crippen molar-refractivity contribution in [2.45, 2.75) is 25.4 Å². The van der Waals surface area contributed by atoms with Crippen LogP contribution < -0.4 is 10.6 Å². The van der Waals surface area contributed by atoms with Gasteiger partial charge in [-0.05, 0) is 19.9 Å². The fourth-order valence-electron chi connectivity index (χ4n) is 1.39. The van der Waals surface area contributed by atoms with Gasteiger partial charge < -0.3 is 15.7 Å². The second-order valence-electron chi connectivity index (χ2n) is 2.82. The third-order valence-electron chi connectivity index (χ3n) is 2.04. The van der Waals surface area contributed by atoms with E-state index in [9.17, 15) is 0 Å². The second kappa shape index (κ2) is 3.91. The Morgan fingerprint density at radius 3 is 3.00 bits per heavy atom. The zero-order valence-electron chi connectivity index (χ0n) is 6.43. The third-order valence-corrected chi connectivity index (χ3v) is 2.04. The van der Waals surface area contributed by atoms with E-state index in [0.29, 0.717) is 12.1 Å². The zero-order valence-corrected chi connectivity index (χ0v) is 6.43. The summed E-state index contributed by atoms with van der Waals surface area (Å²) < 4.78 is 0. The van der Waals surface area contributed by atoms with Crippen LogP contribution in [0.2, 0.25) is 0 Å². The Labute approximate surface area is 61.8 Å². The molecule has 0 amide bonds. The minimum Gasteiger partial charge on any atom is -0.395 e. The van der Waals surface area contributed by atoms with Crippen molar-refractivity contribution < 1.29 is 5.11 Å². The molecule has 3 N–H and O–H groups in total. The van der Waals surface area contributed by atoms with E-state index in [1.807, 2.05) is 0 Å². The topological polar surface area (TPSA) is 44.3 Å². The normalized spacial score (nSPS) is 33.0. The van der Waals surface area contributed by atoms with E-state index < -0.39 is 0 Å². The maximum atomic E-state index is 8.53. The highest BCUT2D eigenvalue weighted by atomic mass is 16.3.